The van der Waals surface area contributed by atoms with Crippen molar-refractivity contribution in [3.05, 3.63) is 11.6 Å². The molecule has 3 rings (SSSR count). The number of hydrogen-bond donors (Lipinski definition) is 1. The van der Waals surface area contributed by atoms with Crippen LogP contribution in [-0.2, 0) is 57.2 Å². The molecule has 0 aromatic heterocycles. The second-order valence-electron chi connectivity index (χ2n) is 11.5. The van der Waals surface area contributed by atoms with Gasteiger partial charge in [-0.2, -0.15) is 0 Å². The molecule has 42 heavy (non-hydrogen) atoms. The standard InChI is InChI=1S/C29H40O13/c1-13-20(38-15(3)30)12-22(40-17(5)32)28(7)21(39-16(4)31)10-9-19(27(35)37-8)11-23-29(36,14(2)26(34)42-23)25(24(13)28)41-18(6)33/h11,13-14,20-25,36H,9-10,12H2,1-8H3/b19-11+/t13-,14?,20?,21+,22?,23?,24?,25+,28-,29?/m0/s1. The molecular formula is C29H40O13. The van der Waals surface area contributed by atoms with Crippen LogP contribution in [0.3, 0.4) is 0 Å². The molecule has 13 heteroatoms. The van der Waals surface area contributed by atoms with Crippen molar-refractivity contribution in [2.24, 2.45) is 23.2 Å². The van der Waals surface area contributed by atoms with Crippen molar-refractivity contribution in [1.29, 1.82) is 0 Å². The summed E-state index contributed by atoms with van der Waals surface area (Å²) in [5.41, 5.74) is -3.66. The van der Waals surface area contributed by atoms with Gasteiger partial charge in [0, 0.05) is 56.9 Å². The molecule has 10 atom stereocenters. The van der Waals surface area contributed by atoms with Crippen molar-refractivity contribution >= 4 is 35.8 Å². The van der Waals surface area contributed by atoms with E-state index in [1.165, 1.54) is 33.8 Å². The zero-order chi connectivity index (χ0) is 31.7. The summed E-state index contributed by atoms with van der Waals surface area (Å²) in [5.74, 6) is -7.40. The summed E-state index contributed by atoms with van der Waals surface area (Å²) in [6.45, 7) is 9.50. The van der Waals surface area contributed by atoms with Crippen LogP contribution in [0.5, 0.6) is 0 Å². The van der Waals surface area contributed by atoms with Gasteiger partial charge in [0.25, 0.3) is 0 Å². The summed E-state index contributed by atoms with van der Waals surface area (Å²) in [5, 5.41) is 12.5. The fourth-order valence-corrected chi connectivity index (χ4v) is 6.98. The van der Waals surface area contributed by atoms with Gasteiger partial charge in [-0.15, -0.1) is 0 Å². The van der Waals surface area contributed by atoms with Gasteiger partial charge < -0.3 is 33.5 Å². The number of carbonyl (C=O) groups is 6. The van der Waals surface area contributed by atoms with Crippen LogP contribution in [0.15, 0.2) is 11.6 Å². The molecule has 1 aliphatic heterocycles. The first kappa shape index (κ1) is 33.0. The van der Waals surface area contributed by atoms with Gasteiger partial charge in [0.1, 0.15) is 24.4 Å². The molecule has 2 fully saturated rings. The van der Waals surface area contributed by atoms with Gasteiger partial charge in [0.2, 0.25) is 0 Å². The van der Waals surface area contributed by atoms with Crippen molar-refractivity contribution in [3.63, 3.8) is 0 Å². The van der Waals surface area contributed by atoms with Crippen LogP contribution in [0.2, 0.25) is 0 Å². The predicted octanol–water partition coefficient (Wildman–Crippen LogP) is 1.56. The summed E-state index contributed by atoms with van der Waals surface area (Å²) in [6, 6.07) is 0. The van der Waals surface area contributed by atoms with Crippen molar-refractivity contribution in [1.82, 2.24) is 0 Å². The third-order valence-corrected chi connectivity index (χ3v) is 8.94. The number of rotatable bonds is 5. The molecule has 0 amide bonds. The molecule has 0 bridgehead atoms. The minimum absolute atomic E-state index is 0.00950. The van der Waals surface area contributed by atoms with E-state index in [4.69, 9.17) is 28.4 Å². The molecule has 0 aromatic rings. The normalized spacial score (nSPS) is 39.2. The number of hydrogen-bond acceptors (Lipinski definition) is 13. The highest BCUT2D eigenvalue weighted by molar-refractivity contribution is 5.89. The van der Waals surface area contributed by atoms with E-state index in [-0.39, 0.29) is 24.8 Å². The molecule has 6 unspecified atom stereocenters. The third kappa shape index (κ3) is 6.02. The molecule has 1 saturated heterocycles. The van der Waals surface area contributed by atoms with E-state index < -0.39 is 95.1 Å². The maximum absolute atomic E-state index is 13.0. The largest absolute Gasteiger partial charge is 0.466 e. The average molecular weight is 597 g/mol. The zero-order valence-electron chi connectivity index (χ0n) is 25.2. The molecule has 2 aliphatic carbocycles. The first-order chi connectivity index (χ1) is 19.5. The lowest BCUT2D eigenvalue weighted by atomic mass is 9.52. The summed E-state index contributed by atoms with van der Waals surface area (Å²) >= 11 is 0. The number of methoxy groups -OCH3 is 1. The van der Waals surface area contributed by atoms with Gasteiger partial charge >= 0.3 is 35.8 Å². The van der Waals surface area contributed by atoms with Gasteiger partial charge in [0.15, 0.2) is 11.7 Å². The molecule has 13 nitrogen and oxygen atoms in total. The van der Waals surface area contributed by atoms with Gasteiger partial charge in [0.05, 0.1) is 13.0 Å². The molecular weight excluding hydrogens is 556 g/mol. The lowest BCUT2D eigenvalue weighted by molar-refractivity contribution is -0.252. The van der Waals surface area contributed by atoms with Crippen LogP contribution in [0.4, 0.5) is 0 Å². The van der Waals surface area contributed by atoms with Crippen LogP contribution >= 0.6 is 0 Å². The average Bonchev–Trinajstić information content (AvgIpc) is 3.09. The van der Waals surface area contributed by atoms with Crippen LogP contribution in [0.1, 0.15) is 67.7 Å². The minimum Gasteiger partial charge on any atom is -0.466 e. The van der Waals surface area contributed by atoms with Gasteiger partial charge in [-0.05, 0) is 25.8 Å². The molecule has 0 spiro atoms. The monoisotopic (exact) mass is 596 g/mol. The second kappa shape index (κ2) is 12.4. The summed E-state index contributed by atoms with van der Waals surface area (Å²) in [7, 11) is 1.16. The van der Waals surface area contributed by atoms with Crippen LogP contribution in [0.25, 0.3) is 0 Å². The van der Waals surface area contributed by atoms with Crippen molar-refractivity contribution in [2.45, 2.75) is 104 Å². The van der Waals surface area contributed by atoms with Crippen molar-refractivity contribution in [2.75, 3.05) is 7.11 Å². The SMILES string of the molecule is COC(=O)/C1=C/C2OC(=O)C(C)C2(O)[C@H](OC(C)=O)C2[C@@H](C)C(OC(C)=O)CC(OC(C)=O)[C@]2(C)[C@H](OC(C)=O)CC1. The fraction of sp³-hybridized carbons (Fsp3) is 0.724. The highest BCUT2D eigenvalue weighted by Crippen LogP contribution is 2.57. The van der Waals surface area contributed by atoms with Gasteiger partial charge in [-0.1, -0.05) is 13.8 Å². The van der Waals surface area contributed by atoms with E-state index in [2.05, 4.69) is 0 Å². The van der Waals surface area contributed by atoms with E-state index >= 15 is 0 Å². The van der Waals surface area contributed by atoms with Gasteiger partial charge in [-0.3, -0.25) is 24.0 Å². The summed E-state index contributed by atoms with van der Waals surface area (Å²) < 4.78 is 33.6. The predicted molar refractivity (Wildman–Crippen MR) is 141 cm³/mol. The third-order valence-electron chi connectivity index (χ3n) is 8.94. The highest BCUT2D eigenvalue weighted by Gasteiger charge is 2.69. The maximum atomic E-state index is 13.0. The molecule has 1 N–H and O–H groups in total. The topological polar surface area (TPSA) is 178 Å². The molecule has 1 heterocycles. The van der Waals surface area contributed by atoms with Crippen LogP contribution in [-0.4, -0.2) is 84.2 Å². The Morgan fingerprint density at radius 3 is 1.98 bits per heavy atom. The quantitative estimate of drug-likeness (QED) is 0.357. The number of ether oxygens (including phenoxy) is 6. The Bertz CT molecular complexity index is 1160. The molecule has 1 saturated carbocycles. The maximum Gasteiger partial charge on any atom is 0.333 e. The van der Waals surface area contributed by atoms with E-state index in [1.807, 2.05) is 0 Å². The van der Waals surface area contributed by atoms with Crippen molar-refractivity contribution in [3.8, 4) is 0 Å². The molecule has 0 aromatic carbocycles. The first-order valence-electron chi connectivity index (χ1n) is 13.9. The highest BCUT2D eigenvalue weighted by atomic mass is 16.6. The number of esters is 6. The molecule has 0 radical (unpaired) electrons. The first-order valence-corrected chi connectivity index (χ1v) is 13.9. The smallest absolute Gasteiger partial charge is 0.333 e. The van der Waals surface area contributed by atoms with E-state index in [0.29, 0.717) is 0 Å². The number of fused-ring (bicyclic) bond motifs is 2. The van der Waals surface area contributed by atoms with Gasteiger partial charge in [-0.25, -0.2) is 4.79 Å². The number of aliphatic hydroxyl groups is 1. The second-order valence-corrected chi connectivity index (χ2v) is 11.5. The minimum atomic E-state index is -2.26. The van der Waals surface area contributed by atoms with Crippen LogP contribution in [0, 0.1) is 23.2 Å². The Balaban J connectivity index is 2.44. The van der Waals surface area contributed by atoms with Crippen molar-refractivity contribution < 1.29 is 62.3 Å². The Morgan fingerprint density at radius 2 is 1.45 bits per heavy atom. The Hall–Kier alpha value is -3.48. The van der Waals surface area contributed by atoms with Crippen LogP contribution < -0.4 is 0 Å². The fourth-order valence-electron chi connectivity index (χ4n) is 6.98. The Kier molecular flexibility index (Phi) is 9.75. The summed E-state index contributed by atoms with van der Waals surface area (Å²) in [6.07, 6.45) is -4.86. The van der Waals surface area contributed by atoms with E-state index in [0.717, 1.165) is 14.0 Å². The van der Waals surface area contributed by atoms with E-state index in [1.54, 1.807) is 13.8 Å². The molecule has 234 valence electrons. The Labute approximate surface area is 244 Å². The Morgan fingerprint density at radius 1 is 0.905 bits per heavy atom. The molecule has 3 aliphatic rings. The lowest BCUT2D eigenvalue weighted by Crippen LogP contribution is -2.69. The zero-order valence-corrected chi connectivity index (χ0v) is 25.2. The van der Waals surface area contributed by atoms with E-state index in [9.17, 15) is 33.9 Å². The summed E-state index contributed by atoms with van der Waals surface area (Å²) in [4.78, 5) is 75.5. The number of carbonyl (C=O) groups excluding carboxylic acids is 6. The lowest BCUT2D eigenvalue weighted by Gasteiger charge is -2.58.